The number of hydrogen-bond acceptors (Lipinski definition) is 6. The molecule has 244 valence electrons. The average Bonchev–Trinajstić information content (AvgIpc) is 2.99. The summed E-state index contributed by atoms with van der Waals surface area (Å²) in [5, 5.41) is 44.2. The molecule has 0 aliphatic rings. The fourth-order valence-electron chi connectivity index (χ4n) is 4.70. The number of carbonyl (C=O) groups excluding carboxylic acids is 2. The van der Waals surface area contributed by atoms with Crippen LogP contribution in [0.1, 0.15) is 103 Å². The van der Waals surface area contributed by atoms with E-state index in [2.05, 4.69) is 10.6 Å². The van der Waals surface area contributed by atoms with Gasteiger partial charge in [-0.2, -0.15) is 0 Å². The molecule has 0 aliphatic carbocycles. The summed E-state index contributed by atoms with van der Waals surface area (Å²) in [6.07, 6.45) is 9.18. The number of unbranched alkanes of at least 4 members (excludes halogenated alkanes) is 8. The molecular formula is C35H46N2O8. The number of nitrogens with one attached hydrogen (secondary N) is 2. The summed E-state index contributed by atoms with van der Waals surface area (Å²) in [6.45, 7) is 2.96. The van der Waals surface area contributed by atoms with Crippen LogP contribution in [0.4, 0.5) is 0 Å². The summed E-state index contributed by atoms with van der Waals surface area (Å²) in [5.74, 6) is -2.05. The van der Waals surface area contributed by atoms with Crippen LogP contribution < -0.4 is 10.6 Å². The molecule has 10 nitrogen and oxygen atoms in total. The normalized spacial score (nSPS) is 10.5. The number of aromatic hydroxyl groups is 2. The van der Waals surface area contributed by atoms with Crippen molar-refractivity contribution in [3.05, 3.63) is 71.3 Å². The highest BCUT2D eigenvalue weighted by Gasteiger charge is 2.12. The molecule has 0 radical (unpaired) electrons. The van der Waals surface area contributed by atoms with Crippen molar-refractivity contribution in [2.45, 2.75) is 84.0 Å². The summed E-state index contributed by atoms with van der Waals surface area (Å²) in [4.78, 5) is 44.7. The van der Waals surface area contributed by atoms with Crippen LogP contribution >= 0.6 is 0 Å². The molecule has 0 saturated carbocycles. The number of amides is 2. The van der Waals surface area contributed by atoms with E-state index in [4.69, 9.17) is 10.2 Å². The zero-order chi connectivity index (χ0) is 33.0. The van der Waals surface area contributed by atoms with E-state index in [9.17, 15) is 29.4 Å². The van der Waals surface area contributed by atoms with Gasteiger partial charge in [0.2, 0.25) is 0 Å². The molecule has 0 aromatic heterocycles. The minimum absolute atomic E-state index is 0.00108. The highest BCUT2D eigenvalue weighted by atomic mass is 16.4. The summed E-state index contributed by atoms with van der Waals surface area (Å²) in [5.41, 5.74) is 1.49. The van der Waals surface area contributed by atoms with E-state index in [0.29, 0.717) is 31.5 Å². The predicted octanol–water partition coefficient (Wildman–Crippen LogP) is 6.56. The smallest absolute Gasteiger partial charge is 0.303 e. The molecule has 3 aromatic rings. The van der Waals surface area contributed by atoms with E-state index < -0.39 is 11.9 Å². The minimum atomic E-state index is -0.752. The van der Waals surface area contributed by atoms with E-state index in [0.717, 1.165) is 67.7 Å². The third-order valence-electron chi connectivity index (χ3n) is 7.21. The van der Waals surface area contributed by atoms with Crippen molar-refractivity contribution in [3.63, 3.8) is 0 Å². The van der Waals surface area contributed by atoms with Crippen LogP contribution in [0.25, 0.3) is 10.8 Å². The number of aryl methyl sites for hydroxylation is 1. The predicted molar refractivity (Wildman–Crippen MR) is 174 cm³/mol. The molecule has 6 N–H and O–H groups in total. The lowest BCUT2D eigenvalue weighted by atomic mass is 10.1. The standard InChI is InChI=1S/C19H23NO4.C16H23NO4/c21-17-13-15-9-6-5-8-14(15)12-16(17)19(24)20-11-7-3-1-2-4-10-18(22)23;1-12-8-9-13(14(18)11-12)16(21)17-10-6-4-2-3-5-7-15(19)20/h5-6,8-9,12-13,21H,1-4,7,10-11H2,(H,20,24)(H,22,23);8-9,11,18H,2-7,10H2,1H3,(H,17,21)(H,19,20). The van der Waals surface area contributed by atoms with Crippen LogP contribution in [-0.4, -0.2) is 57.3 Å². The number of phenols is 2. The Labute approximate surface area is 264 Å². The molecule has 2 amide bonds. The van der Waals surface area contributed by atoms with Gasteiger partial charge in [-0.15, -0.1) is 0 Å². The Balaban J connectivity index is 0.000000317. The molecule has 3 aromatic carbocycles. The summed E-state index contributed by atoms with van der Waals surface area (Å²) < 4.78 is 0. The third-order valence-corrected chi connectivity index (χ3v) is 7.21. The lowest BCUT2D eigenvalue weighted by Crippen LogP contribution is -2.24. The summed E-state index contributed by atoms with van der Waals surface area (Å²) in [7, 11) is 0. The zero-order valence-electron chi connectivity index (χ0n) is 26.0. The Morgan fingerprint density at radius 1 is 0.556 bits per heavy atom. The maximum Gasteiger partial charge on any atom is 0.303 e. The van der Waals surface area contributed by atoms with Gasteiger partial charge in [-0.1, -0.05) is 68.9 Å². The number of aliphatic carboxylic acids is 2. The van der Waals surface area contributed by atoms with Crippen molar-refractivity contribution in [3.8, 4) is 11.5 Å². The molecule has 0 saturated heterocycles. The van der Waals surface area contributed by atoms with E-state index >= 15 is 0 Å². The number of carboxylic acids is 2. The molecule has 0 fully saturated rings. The van der Waals surface area contributed by atoms with E-state index in [1.54, 1.807) is 30.3 Å². The quantitative estimate of drug-likeness (QED) is 0.0866. The minimum Gasteiger partial charge on any atom is -0.507 e. The number of hydrogen-bond donors (Lipinski definition) is 6. The van der Waals surface area contributed by atoms with Gasteiger partial charge in [0.05, 0.1) is 11.1 Å². The first-order chi connectivity index (χ1) is 21.6. The Hall–Kier alpha value is -4.60. The Bertz CT molecular complexity index is 1410. The van der Waals surface area contributed by atoms with Gasteiger partial charge < -0.3 is 31.1 Å². The Kier molecular flexibility index (Phi) is 16.6. The Morgan fingerprint density at radius 2 is 1.00 bits per heavy atom. The first kappa shape index (κ1) is 36.6. The van der Waals surface area contributed by atoms with Gasteiger partial charge in [0.25, 0.3) is 11.8 Å². The van der Waals surface area contributed by atoms with Crippen LogP contribution in [0, 0.1) is 6.92 Å². The van der Waals surface area contributed by atoms with Crippen molar-refractivity contribution in [2.75, 3.05) is 13.1 Å². The first-order valence-electron chi connectivity index (χ1n) is 15.6. The lowest BCUT2D eigenvalue weighted by molar-refractivity contribution is -0.138. The number of carbonyl (C=O) groups is 4. The van der Waals surface area contributed by atoms with Crippen LogP contribution in [0.15, 0.2) is 54.6 Å². The maximum absolute atomic E-state index is 12.2. The van der Waals surface area contributed by atoms with Crippen molar-refractivity contribution in [1.29, 1.82) is 0 Å². The molecule has 45 heavy (non-hydrogen) atoms. The molecule has 10 heteroatoms. The highest BCUT2D eigenvalue weighted by molar-refractivity contribution is 6.01. The van der Waals surface area contributed by atoms with Gasteiger partial charge in [0.1, 0.15) is 11.5 Å². The number of rotatable bonds is 18. The fraction of sp³-hybridized carbons (Fsp3) is 0.429. The topological polar surface area (TPSA) is 173 Å². The fourth-order valence-corrected chi connectivity index (χ4v) is 4.70. The van der Waals surface area contributed by atoms with Gasteiger partial charge >= 0.3 is 11.9 Å². The second kappa shape index (κ2) is 20.4. The van der Waals surface area contributed by atoms with E-state index in [-0.39, 0.29) is 41.7 Å². The van der Waals surface area contributed by atoms with E-state index in [1.165, 1.54) is 0 Å². The van der Waals surface area contributed by atoms with Crippen LogP contribution in [0.3, 0.4) is 0 Å². The maximum atomic E-state index is 12.2. The first-order valence-corrected chi connectivity index (χ1v) is 15.6. The summed E-state index contributed by atoms with van der Waals surface area (Å²) in [6, 6.07) is 15.9. The van der Waals surface area contributed by atoms with Gasteiger partial charge in [0, 0.05) is 25.9 Å². The molecule has 0 unspecified atom stereocenters. The van der Waals surface area contributed by atoms with Crippen LogP contribution in [-0.2, 0) is 9.59 Å². The van der Waals surface area contributed by atoms with Gasteiger partial charge in [-0.3, -0.25) is 19.2 Å². The molecule has 3 rings (SSSR count). The highest BCUT2D eigenvalue weighted by Crippen LogP contribution is 2.25. The number of carboxylic acid groups (broad SMARTS) is 2. The lowest BCUT2D eigenvalue weighted by Gasteiger charge is -2.08. The second-order valence-corrected chi connectivity index (χ2v) is 11.1. The van der Waals surface area contributed by atoms with E-state index in [1.807, 2.05) is 31.2 Å². The second-order valence-electron chi connectivity index (χ2n) is 11.1. The molecule has 0 spiro atoms. The third kappa shape index (κ3) is 14.6. The molecule has 0 bridgehead atoms. The van der Waals surface area contributed by atoms with Crippen molar-refractivity contribution >= 4 is 34.5 Å². The summed E-state index contributed by atoms with van der Waals surface area (Å²) >= 11 is 0. The number of phenolic OH excluding ortho intramolecular Hbond substituents is 2. The van der Waals surface area contributed by atoms with Crippen LogP contribution in [0.2, 0.25) is 0 Å². The van der Waals surface area contributed by atoms with Crippen molar-refractivity contribution in [2.24, 2.45) is 0 Å². The van der Waals surface area contributed by atoms with Crippen LogP contribution in [0.5, 0.6) is 11.5 Å². The van der Waals surface area contributed by atoms with Gasteiger partial charge in [0.15, 0.2) is 0 Å². The van der Waals surface area contributed by atoms with Crippen molar-refractivity contribution in [1.82, 2.24) is 10.6 Å². The Morgan fingerprint density at radius 3 is 1.51 bits per heavy atom. The number of benzene rings is 3. The molecular weight excluding hydrogens is 576 g/mol. The van der Waals surface area contributed by atoms with Gasteiger partial charge in [-0.05, 0) is 73.2 Å². The average molecular weight is 623 g/mol. The number of fused-ring (bicyclic) bond motifs is 1. The van der Waals surface area contributed by atoms with Crippen molar-refractivity contribution < 1.29 is 39.6 Å². The molecule has 0 aliphatic heterocycles. The van der Waals surface area contributed by atoms with Gasteiger partial charge in [-0.25, -0.2) is 0 Å². The largest absolute Gasteiger partial charge is 0.507 e. The molecule has 0 atom stereocenters. The molecule has 0 heterocycles. The SMILES string of the molecule is Cc1ccc(C(=O)NCCCCCCCC(=O)O)c(O)c1.O=C(O)CCCCCCCNC(=O)c1cc2ccccc2cc1O. The monoisotopic (exact) mass is 622 g/mol. The zero-order valence-corrected chi connectivity index (χ0v) is 26.0.